The van der Waals surface area contributed by atoms with E-state index in [-0.39, 0.29) is 5.75 Å². The summed E-state index contributed by atoms with van der Waals surface area (Å²) in [6.45, 7) is 3.43. The van der Waals surface area contributed by atoms with E-state index in [4.69, 9.17) is 0 Å². The summed E-state index contributed by atoms with van der Waals surface area (Å²) < 4.78 is 13.1. The Labute approximate surface area is 101 Å². The number of nitrogens with one attached hydrogen (secondary N) is 2. The zero-order chi connectivity index (χ0) is 12.3. The van der Waals surface area contributed by atoms with Crippen LogP contribution in [0.15, 0.2) is 18.2 Å². The van der Waals surface area contributed by atoms with Crippen molar-refractivity contribution in [1.29, 1.82) is 0 Å². The molecular formula is C13H19FN2O. The van der Waals surface area contributed by atoms with E-state index >= 15 is 0 Å². The van der Waals surface area contributed by atoms with Crippen LogP contribution in [-0.2, 0) is 0 Å². The number of hydrogen-bond acceptors (Lipinski definition) is 3. The Hall–Kier alpha value is -1.29. The van der Waals surface area contributed by atoms with Crippen LogP contribution in [0, 0.1) is 0 Å². The van der Waals surface area contributed by atoms with Gasteiger partial charge in [0.1, 0.15) is 11.9 Å². The van der Waals surface area contributed by atoms with E-state index in [1.54, 1.807) is 12.1 Å². The molecule has 4 heteroatoms. The van der Waals surface area contributed by atoms with Crippen molar-refractivity contribution in [3.63, 3.8) is 0 Å². The molecule has 1 aliphatic rings. The molecule has 0 spiro atoms. The number of aromatic hydroxyl groups is 1. The third-order valence-corrected chi connectivity index (χ3v) is 3.14. The van der Waals surface area contributed by atoms with Gasteiger partial charge in [-0.25, -0.2) is 4.39 Å². The smallest absolute Gasteiger partial charge is 0.139 e. The van der Waals surface area contributed by atoms with Crippen molar-refractivity contribution in [3.8, 4) is 5.75 Å². The van der Waals surface area contributed by atoms with Gasteiger partial charge in [-0.15, -0.1) is 0 Å². The summed E-state index contributed by atoms with van der Waals surface area (Å²) in [6, 6.07) is 5.28. The second kappa shape index (κ2) is 5.36. The first-order valence-electron chi connectivity index (χ1n) is 6.11. The molecule has 0 saturated carbocycles. The van der Waals surface area contributed by atoms with Crippen molar-refractivity contribution < 1.29 is 9.50 Å². The Morgan fingerprint density at radius 2 is 2.35 bits per heavy atom. The average molecular weight is 238 g/mol. The Balaban J connectivity index is 2.05. The molecule has 3 nitrogen and oxygen atoms in total. The second-order valence-electron chi connectivity index (χ2n) is 4.58. The summed E-state index contributed by atoms with van der Waals surface area (Å²) in [5.74, 6) is 0.123. The van der Waals surface area contributed by atoms with Gasteiger partial charge >= 0.3 is 0 Å². The number of anilines is 1. The molecule has 0 bridgehead atoms. The standard InChI is InChI=1S/C13H19FN2O/c1-9(14)10-4-5-12(13(17)7-10)16-11-3-2-6-15-8-11/h4-5,7,9,11,15-17H,2-3,6,8H2,1H3. The second-order valence-corrected chi connectivity index (χ2v) is 4.58. The molecule has 2 atom stereocenters. The molecule has 1 aliphatic heterocycles. The van der Waals surface area contributed by atoms with E-state index in [9.17, 15) is 9.50 Å². The lowest BCUT2D eigenvalue weighted by atomic mass is 10.1. The molecule has 2 unspecified atom stereocenters. The predicted octanol–water partition coefficient (Wildman–Crippen LogP) is 2.59. The van der Waals surface area contributed by atoms with E-state index in [1.807, 2.05) is 0 Å². The number of halogens is 1. The minimum Gasteiger partial charge on any atom is -0.506 e. The zero-order valence-corrected chi connectivity index (χ0v) is 10.0. The number of piperidine rings is 1. The van der Waals surface area contributed by atoms with Crippen LogP contribution in [0.25, 0.3) is 0 Å². The molecule has 1 heterocycles. The molecule has 2 rings (SSSR count). The maximum atomic E-state index is 13.1. The Morgan fingerprint density at radius 1 is 1.53 bits per heavy atom. The molecule has 17 heavy (non-hydrogen) atoms. The van der Waals surface area contributed by atoms with Crippen molar-refractivity contribution >= 4 is 5.69 Å². The third-order valence-electron chi connectivity index (χ3n) is 3.14. The maximum Gasteiger partial charge on any atom is 0.139 e. The minimum atomic E-state index is -1.05. The zero-order valence-electron chi connectivity index (χ0n) is 10.0. The number of benzene rings is 1. The van der Waals surface area contributed by atoms with Gasteiger partial charge in [-0.2, -0.15) is 0 Å². The SMILES string of the molecule is CC(F)c1ccc(NC2CCCNC2)c(O)c1. The quantitative estimate of drug-likeness (QED) is 0.709. The number of phenols is 1. The van der Waals surface area contributed by atoms with E-state index in [0.29, 0.717) is 17.3 Å². The van der Waals surface area contributed by atoms with Crippen LogP contribution in [-0.4, -0.2) is 24.2 Å². The van der Waals surface area contributed by atoms with Gasteiger partial charge in [-0.3, -0.25) is 0 Å². The molecular weight excluding hydrogens is 219 g/mol. The normalized spacial score (nSPS) is 22.1. The van der Waals surface area contributed by atoms with Crippen LogP contribution in [0.1, 0.15) is 31.5 Å². The van der Waals surface area contributed by atoms with Gasteiger partial charge in [0.05, 0.1) is 5.69 Å². The van der Waals surface area contributed by atoms with Gasteiger partial charge in [-0.1, -0.05) is 6.07 Å². The summed E-state index contributed by atoms with van der Waals surface area (Å²) in [5.41, 5.74) is 1.19. The monoisotopic (exact) mass is 238 g/mol. The fourth-order valence-corrected chi connectivity index (χ4v) is 2.11. The highest BCUT2D eigenvalue weighted by atomic mass is 19.1. The van der Waals surface area contributed by atoms with Crippen LogP contribution in [0.2, 0.25) is 0 Å². The molecule has 1 aromatic carbocycles. The van der Waals surface area contributed by atoms with Crippen LogP contribution in [0.5, 0.6) is 5.75 Å². The van der Waals surface area contributed by atoms with Crippen LogP contribution in [0.4, 0.5) is 10.1 Å². The third kappa shape index (κ3) is 3.09. The van der Waals surface area contributed by atoms with Crippen LogP contribution < -0.4 is 10.6 Å². The first-order valence-corrected chi connectivity index (χ1v) is 6.11. The highest BCUT2D eigenvalue weighted by Gasteiger charge is 2.14. The largest absolute Gasteiger partial charge is 0.506 e. The molecule has 0 aliphatic carbocycles. The number of hydrogen-bond donors (Lipinski definition) is 3. The highest BCUT2D eigenvalue weighted by molar-refractivity contribution is 5.57. The summed E-state index contributed by atoms with van der Waals surface area (Å²) in [4.78, 5) is 0. The molecule has 0 radical (unpaired) electrons. The predicted molar refractivity (Wildman–Crippen MR) is 67.1 cm³/mol. The van der Waals surface area contributed by atoms with Gasteiger partial charge < -0.3 is 15.7 Å². The molecule has 1 fully saturated rings. The molecule has 0 aromatic heterocycles. The van der Waals surface area contributed by atoms with Gasteiger partial charge in [0.25, 0.3) is 0 Å². The highest BCUT2D eigenvalue weighted by Crippen LogP contribution is 2.29. The number of phenolic OH excluding ortho intramolecular Hbond substituents is 1. The fraction of sp³-hybridized carbons (Fsp3) is 0.538. The number of alkyl halides is 1. The van der Waals surface area contributed by atoms with E-state index in [2.05, 4.69) is 10.6 Å². The van der Waals surface area contributed by atoms with E-state index in [0.717, 1.165) is 25.9 Å². The van der Waals surface area contributed by atoms with Crippen LogP contribution >= 0.6 is 0 Å². The first kappa shape index (κ1) is 12.2. The van der Waals surface area contributed by atoms with Crippen molar-refractivity contribution in [2.24, 2.45) is 0 Å². The Bertz CT molecular complexity index is 376. The topological polar surface area (TPSA) is 44.3 Å². The fourth-order valence-electron chi connectivity index (χ4n) is 2.11. The number of rotatable bonds is 3. The van der Waals surface area contributed by atoms with E-state index in [1.165, 1.54) is 13.0 Å². The summed E-state index contributed by atoms with van der Waals surface area (Å²) >= 11 is 0. The van der Waals surface area contributed by atoms with E-state index < -0.39 is 6.17 Å². The molecule has 1 aromatic rings. The summed E-state index contributed by atoms with van der Waals surface area (Å²) in [5, 5.41) is 16.4. The van der Waals surface area contributed by atoms with Gasteiger partial charge in [-0.05, 0) is 44.0 Å². The summed E-state index contributed by atoms with van der Waals surface area (Å²) in [6.07, 6.45) is 1.18. The molecule has 1 saturated heterocycles. The van der Waals surface area contributed by atoms with Crippen molar-refractivity contribution in [2.45, 2.75) is 32.0 Å². The molecule has 94 valence electrons. The lowest BCUT2D eigenvalue weighted by Crippen LogP contribution is -2.38. The van der Waals surface area contributed by atoms with Gasteiger partial charge in [0.2, 0.25) is 0 Å². The van der Waals surface area contributed by atoms with Crippen molar-refractivity contribution in [2.75, 3.05) is 18.4 Å². The Kier molecular flexibility index (Phi) is 3.84. The average Bonchev–Trinajstić information content (AvgIpc) is 2.33. The van der Waals surface area contributed by atoms with Crippen LogP contribution in [0.3, 0.4) is 0 Å². The van der Waals surface area contributed by atoms with Gasteiger partial charge in [0, 0.05) is 12.6 Å². The first-order chi connectivity index (χ1) is 8.16. The lowest BCUT2D eigenvalue weighted by Gasteiger charge is -2.25. The minimum absolute atomic E-state index is 0.123. The van der Waals surface area contributed by atoms with Crippen molar-refractivity contribution in [3.05, 3.63) is 23.8 Å². The molecule has 3 N–H and O–H groups in total. The maximum absolute atomic E-state index is 13.1. The Morgan fingerprint density at radius 3 is 2.94 bits per heavy atom. The molecule has 0 amide bonds. The van der Waals surface area contributed by atoms with Gasteiger partial charge in [0.15, 0.2) is 0 Å². The van der Waals surface area contributed by atoms with Crippen molar-refractivity contribution in [1.82, 2.24) is 5.32 Å². The lowest BCUT2D eigenvalue weighted by molar-refractivity contribution is 0.372. The summed E-state index contributed by atoms with van der Waals surface area (Å²) in [7, 11) is 0.